The van der Waals surface area contributed by atoms with Crippen LogP contribution in [0.5, 0.6) is 0 Å². The van der Waals surface area contributed by atoms with E-state index in [1.165, 1.54) is 69.9 Å². The zero-order valence-electron chi connectivity index (χ0n) is 89.7. The molecular formula is C123H102Ir4N8-8. The van der Waals surface area contributed by atoms with E-state index in [1.54, 1.807) is 52.0 Å². The Balaban J connectivity index is 0.000000190. The number of aryl methyl sites for hydroxylation is 11. The molecule has 0 spiro atoms. The number of aromatic nitrogens is 8. The first-order valence-corrected chi connectivity index (χ1v) is 42.4. The average Bonchev–Trinajstić information content (AvgIpc) is 0.798. The van der Waals surface area contributed by atoms with Crippen LogP contribution in [0.3, 0.4) is 0 Å². The van der Waals surface area contributed by atoms with Crippen LogP contribution in [0, 0.1) is 124 Å². The van der Waals surface area contributed by atoms with Crippen molar-refractivity contribution in [1.29, 1.82) is 0 Å². The van der Waals surface area contributed by atoms with Gasteiger partial charge in [0.1, 0.15) is 0 Å². The van der Waals surface area contributed by atoms with Gasteiger partial charge in [0, 0.05) is 151 Å². The summed E-state index contributed by atoms with van der Waals surface area (Å²) in [7, 11) is 0. The van der Waals surface area contributed by atoms with Crippen molar-refractivity contribution < 1.29 is 101 Å². The topological polar surface area (TPSA) is 103 Å². The van der Waals surface area contributed by atoms with Crippen molar-refractivity contribution in [3.05, 3.63) is 529 Å². The van der Waals surface area contributed by atoms with Gasteiger partial charge in [0.25, 0.3) is 0 Å². The number of pyridine rings is 8. The van der Waals surface area contributed by atoms with Gasteiger partial charge in [-0.05, 0) is 211 Å². The molecular weight excluding hydrogens is 2360 g/mol. The Labute approximate surface area is 873 Å². The van der Waals surface area contributed by atoms with Crippen molar-refractivity contribution in [1.82, 2.24) is 39.9 Å². The smallest absolute Gasteiger partial charge is 0.0280 e. The first kappa shape index (κ1) is 84.4. The van der Waals surface area contributed by atoms with Crippen LogP contribution in [0.15, 0.2) is 420 Å². The van der Waals surface area contributed by atoms with Gasteiger partial charge in [0.15, 0.2) is 0 Å². The minimum atomic E-state index is -2.20. The van der Waals surface area contributed by atoms with Crippen molar-refractivity contribution in [3.8, 4) is 135 Å². The summed E-state index contributed by atoms with van der Waals surface area (Å²) in [6.07, 6.45) is 12.9. The fourth-order valence-electron chi connectivity index (χ4n) is 13.3. The molecule has 0 aliphatic rings. The zero-order valence-corrected chi connectivity index (χ0v) is 84.3. The third-order valence-electron chi connectivity index (χ3n) is 20.6. The molecule has 12 heteroatoms. The molecule has 8 aromatic heterocycles. The summed E-state index contributed by atoms with van der Waals surface area (Å²) < 4.78 is 112. The van der Waals surface area contributed by atoms with Crippen molar-refractivity contribution in [2.24, 2.45) is 0 Å². The molecule has 0 saturated heterocycles. The maximum atomic E-state index is 7.72. The van der Waals surface area contributed by atoms with Gasteiger partial charge >= 0.3 is 0 Å². The van der Waals surface area contributed by atoms with Crippen LogP contribution in [0.25, 0.3) is 135 Å². The molecule has 0 aliphatic carbocycles. The van der Waals surface area contributed by atoms with Crippen LogP contribution in [0.1, 0.15) is 81.8 Å². The van der Waals surface area contributed by atoms with Gasteiger partial charge in [-0.2, -0.15) is 0 Å². The van der Waals surface area contributed by atoms with Crippen molar-refractivity contribution in [2.45, 2.75) is 75.8 Å². The Hall–Kier alpha value is -13.6. The van der Waals surface area contributed by atoms with Crippen LogP contribution >= 0.6 is 0 Å². The first-order chi connectivity index (χ1) is 70.1. The molecule has 0 amide bonds. The molecule has 8 heterocycles. The Bertz CT molecular complexity index is 7090. The fourth-order valence-corrected chi connectivity index (χ4v) is 13.3. The van der Waals surface area contributed by atoms with Gasteiger partial charge < -0.3 is 39.9 Å². The van der Waals surface area contributed by atoms with E-state index in [4.69, 9.17) is 20.6 Å². The summed E-state index contributed by atoms with van der Waals surface area (Å²) in [5.41, 5.74) is 29.6. The molecule has 0 unspecified atom stereocenters. The first-order valence-electron chi connectivity index (χ1n) is 49.9. The van der Waals surface area contributed by atoms with E-state index in [2.05, 4.69) is 181 Å². The molecule has 0 saturated carbocycles. The SMILES string of the molecule is Cc1ccccc1-c1ccc(-c2[c-]cccc2)nc1.Cc1cnc(-c2[c-]cccc2)cc1-c1ccccc1.[2H]C([2H])([2H])c1cnc(-c2[c-]cccc2)cc1-c1ccccc1.[2H]C([2H])([2H])c1cnc(-c2[c-]cccc2)cc1C.[2H]C([2H])([2H])c1cnc(-c2[c-]cccc2)cc1C.[2H]C([2H])([2H])c1cnc(-c2[c-]cccc2)cc1C.[2H]C([2H])([2H])c1cnc(-c2[c-]cccc2)cc1C.[Ir].[Ir].[Ir].[Ir].[c-]1ccccc1-c1cc(-c2ccccc2)ccn1. The summed E-state index contributed by atoms with van der Waals surface area (Å²) in [4.78, 5) is 34.5. The van der Waals surface area contributed by atoms with E-state index in [0.29, 0.717) is 33.5 Å². The number of hydrogen-bond donors (Lipinski definition) is 0. The number of rotatable bonds is 12. The molecule has 8 nitrogen and oxygen atoms in total. The Morgan fingerprint density at radius 1 is 0.170 bits per heavy atom. The van der Waals surface area contributed by atoms with Gasteiger partial charge in [-0.3, -0.25) is 0 Å². The number of benzene rings is 12. The van der Waals surface area contributed by atoms with Gasteiger partial charge in [0.05, 0.1) is 0 Å². The second kappa shape index (κ2) is 55.2. The van der Waals surface area contributed by atoms with Crippen LogP contribution in [-0.4, -0.2) is 39.9 Å². The van der Waals surface area contributed by atoms with Gasteiger partial charge in [-0.15, -0.1) is 287 Å². The summed E-state index contributed by atoms with van der Waals surface area (Å²) in [5, 5.41) is 0. The third kappa shape index (κ3) is 31.5. The minimum absolute atomic E-state index is 0. The summed E-state index contributed by atoms with van der Waals surface area (Å²) in [6, 6.07) is 144. The molecule has 0 bridgehead atoms. The fraction of sp³-hybridized carbons (Fsp3) is 0.0894. The normalized spacial score (nSPS) is 12.1. The van der Waals surface area contributed by atoms with Gasteiger partial charge in [0.2, 0.25) is 0 Å². The summed E-state index contributed by atoms with van der Waals surface area (Å²) in [5.74, 6) is 0. The van der Waals surface area contributed by atoms with E-state index in [1.807, 2.05) is 286 Å². The quantitative estimate of drug-likeness (QED) is 0.111. The van der Waals surface area contributed by atoms with E-state index in [-0.39, 0.29) is 86.0 Å². The molecule has 0 N–H and O–H groups in total. The number of nitrogens with zero attached hydrogens (tertiary/aromatic N) is 8. The van der Waals surface area contributed by atoms with Crippen LogP contribution in [-0.2, 0) is 80.4 Å². The van der Waals surface area contributed by atoms with Gasteiger partial charge in [-0.1, -0.05) is 192 Å². The standard InChI is InChI=1S/3C18H14N.C17H12N.4C13H12N.4Ir/c2*1-14-13-19-18(16-10-6-3-7-11-16)12-17(14)15-8-4-2-5-9-15;1-14-7-5-6-10-17(14)16-11-12-18(19-13-16)15-8-3-2-4-9-15;1-3-7-14(8-4-1)16-11-12-18-17(13-16)15-9-5-2-6-10-15;4*1-10-8-13(14-9-11(10)2)12-6-4-3-5-7-12;;;;/h2*2-10,12-13H,1H3;2-8,10-13H,1H3;1-9,11-13H;4*3-6,8-9H,1-2H3;;;;/q8*-1;;;;/i1D3;;;;4*2D3;;;;. The van der Waals surface area contributed by atoms with Crippen LogP contribution in [0.4, 0.5) is 0 Å². The Morgan fingerprint density at radius 2 is 0.430 bits per heavy atom. The monoisotopic (exact) mass is 2480 g/mol. The van der Waals surface area contributed by atoms with Crippen molar-refractivity contribution in [2.75, 3.05) is 0 Å². The summed E-state index contributed by atoms with van der Waals surface area (Å²) in [6.45, 7) is 0.758. The minimum Gasteiger partial charge on any atom is -0.305 e. The predicted octanol–water partition coefficient (Wildman–Crippen LogP) is 30.4. The largest absolute Gasteiger partial charge is 0.305 e. The molecule has 20 rings (SSSR count). The molecule has 20 aromatic rings. The zero-order chi connectivity index (χ0) is 104. The van der Waals surface area contributed by atoms with Crippen molar-refractivity contribution in [3.63, 3.8) is 0 Å². The van der Waals surface area contributed by atoms with E-state index in [9.17, 15) is 0 Å². The van der Waals surface area contributed by atoms with Crippen molar-refractivity contribution >= 4 is 0 Å². The maximum Gasteiger partial charge on any atom is 0.0280 e. The van der Waals surface area contributed by atoms with Crippen LogP contribution in [0.2, 0.25) is 0 Å². The number of hydrogen-bond acceptors (Lipinski definition) is 8. The maximum absolute atomic E-state index is 7.72. The average molecular weight is 2480 g/mol. The molecule has 135 heavy (non-hydrogen) atoms. The molecule has 0 atom stereocenters. The molecule has 0 fully saturated rings. The molecule has 12 aromatic carbocycles. The predicted molar refractivity (Wildman–Crippen MR) is 542 cm³/mol. The van der Waals surface area contributed by atoms with Crippen LogP contribution < -0.4 is 0 Å². The Kier molecular flexibility index (Phi) is 34.5. The third-order valence-corrected chi connectivity index (χ3v) is 20.6. The van der Waals surface area contributed by atoms with E-state index in [0.717, 1.165) is 118 Å². The van der Waals surface area contributed by atoms with E-state index < -0.39 is 34.3 Å². The molecule has 4 radical (unpaired) electrons. The van der Waals surface area contributed by atoms with Gasteiger partial charge in [-0.25, -0.2) is 0 Å². The van der Waals surface area contributed by atoms with E-state index >= 15 is 0 Å². The molecule has 678 valence electrons. The second-order valence-electron chi connectivity index (χ2n) is 30.0. The molecule has 0 aliphatic heterocycles. The second-order valence-corrected chi connectivity index (χ2v) is 30.0. The summed E-state index contributed by atoms with van der Waals surface area (Å²) >= 11 is 0. The Morgan fingerprint density at radius 3 is 0.719 bits per heavy atom.